The average molecular weight is 568 g/mol. The van der Waals surface area contributed by atoms with Crippen molar-refractivity contribution in [3.63, 3.8) is 0 Å². The number of carbonyl (C=O) groups excluding carboxylic acids is 1. The summed E-state index contributed by atoms with van der Waals surface area (Å²) in [5.74, 6) is 8.57. The molecule has 0 bridgehead atoms. The molecule has 0 unspecified atom stereocenters. The standard InChI is InChI=1S/C31H32Cl2N2O4/c1-4-31(13-11-30(2,12-14-31)10-9-20-5-8-26(37-3)22(15-20)18-36)38-19-23-28(35-39-29(23)21-6-7-21)27-24(32)16-34-17-25(27)33/h5,8,15-18,21H,4,6-7,11-14,19H2,1-3H3. The third-order valence-corrected chi connectivity index (χ3v) is 8.73. The number of aromatic nitrogens is 2. The van der Waals surface area contributed by atoms with E-state index in [2.05, 4.69) is 35.8 Å². The van der Waals surface area contributed by atoms with Crippen LogP contribution in [0.1, 0.15) is 92.0 Å². The zero-order valence-electron chi connectivity index (χ0n) is 22.5. The Balaban J connectivity index is 1.32. The van der Waals surface area contributed by atoms with Gasteiger partial charge in [-0.1, -0.05) is 47.1 Å². The Bertz CT molecular complexity index is 1410. The first-order valence-corrected chi connectivity index (χ1v) is 14.1. The number of methoxy groups -OCH3 is 1. The van der Waals surface area contributed by atoms with Crippen LogP contribution in [-0.4, -0.2) is 29.1 Å². The lowest BCUT2D eigenvalue weighted by Crippen LogP contribution is -2.39. The number of aldehydes is 1. The lowest BCUT2D eigenvalue weighted by atomic mass is 9.69. The molecule has 2 aromatic heterocycles. The SMILES string of the molecule is CCC1(OCc2c(-c3c(Cl)cncc3Cl)noc2C2CC2)CCC(C)(C#Cc2ccc(OC)c(C=O)c2)CC1. The van der Waals surface area contributed by atoms with Gasteiger partial charge in [-0.2, -0.15) is 0 Å². The number of hydrogen-bond donors (Lipinski definition) is 0. The van der Waals surface area contributed by atoms with E-state index < -0.39 is 0 Å². The first-order chi connectivity index (χ1) is 18.8. The summed E-state index contributed by atoms with van der Waals surface area (Å²) in [7, 11) is 1.55. The highest BCUT2D eigenvalue weighted by molar-refractivity contribution is 6.38. The van der Waals surface area contributed by atoms with Gasteiger partial charge in [0.15, 0.2) is 6.29 Å². The lowest BCUT2D eigenvalue weighted by Gasteiger charge is -2.42. The van der Waals surface area contributed by atoms with Crippen molar-refractivity contribution in [3.8, 4) is 28.8 Å². The van der Waals surface area contributed by atoms with Gasteiger partial charge in [0, 0.05) is 40.4 Å². The molecule has 3 aromatic rings. The largest absolute Gasteiger partial charge is 0.496 e. The van der Waals surface area contributed by atoms with Crippen LogP contribution in [-0.2, 0) is 11.3 Å². The average Bonchev–Trinajstić information content (AvgIpc) is 3.71. The van der Waals surface area contributed by atoms with Crippen LogP contribution in [0.4, 0.5) is 0 Å². The number of rotatable bonds is 8. The maximum Gasteiger partial charge on any atom is 0.153 e. The third-order valence-electron chi connectivity index (χ3n) is 8.15. The van der Waals surface area contributed by atoms with Crippen molar-refractivity contribution in [3.05, 3.63) is 63.1 Å². The van der Waals surface area contributed by atoms with Gasteiger partial charge in [0.1, 0.15) is 17.2 Å². The predicted octanol–water partition coefficient (Wildman–Crippen LogP) is 8.04. The van der Waals surface area contributed by atoms with Crippen LogP contribution in [0, 0.1) is 17.3 Å². The van der Waals surface area contributed by atoms with Crippen LogP contribution in [0.3, 0.4) is 0 Å². The summed E-state index contributed by atoms with van der Waals surface area (Å²) in [6.45, 7) is 4.77. The maximum atomic E-state index is 11.4. The van der Waals surface area contributed by atoms with Crippen LogP contribution in [0.5, 0.6) is 5.75 Å². The van der Waals surface area contributed by atoms with Crippen LogP contribution in [0.2, 0.25) is 10.0 Å². The molecular formula is C31H32Cl2N2O4. The van der Waals surface area contributed by atoms with E-state index in [-0.39, 0.29) is 11.0 Å². The Morgan fingerprint density at radius 2 is 1.87 bits per heavy atom. The van der Waals surface area contributed by atoms with Gasteiger partial charge in [0.05, 0.1) is 34.9 Å². The first-order valence-electron chi connectivity index (χ1n) is 13.4. The van der Waals surface area contributed by atoms with Crippen molar-refractivity contribution in [2.75, 3.05) is 7.11 Å². The second-order valence-corrected chi connectivity index (χ2v) is 11.7. The Labute approximate surface area is 239 Å². The molecule has 2 aliphatic carbocycles. The van der Waals surface area contributed by atoms with E-state index in [1.807, 2.05) is 6.07 Å². The topological polar surface area (TPSA) is 74.5 Å². The minimum absolute atomic E-state index is 0.136. The molecule has 0 atom stereocenters. The summed E-state index contributed by atoms with van der Waals surface area (Å²) in [6, 6.07) is 5.45. The molecule has 2 aliphatic rings. The number of ether oxygens (including phenoxy) is 2. The third kappa shape index (κ3) is 5.87. The molecule has 2 fully saturated rings. The zero-order valence-corrected chi connectivity index (χ0v) is 24.0. The molecule has 0 amide bonds. The van der Waals surface area contributed by atoms with Gasteiger partial charge in [-0.3, -0.25) is 9.78 Å². The van der Waals surface area contributed by atoms with Gasteiger partial charge in [-0.25, -0.2) is 0 Å². The van der Waals surface area contributed by atoms with E-state index in [0.29, 0.717) is 45.1 Å². The van der Waals surface area contributed by atoms with Crippen molar-refractivity contribution >= 4 is 29.5 Å². The Hall–Kier alpha value is -2.85. The number of nitrogens with zero attached hydrogens (tertiary/aromatic N) is 2. The van der Waals surface area contributed by atoms with E-state index in [9.17, 15) is 4.79 Å². The predicted molar refractivity (Wildman–Crippen MR) is 151 cm³/mol. The molecular weight excluding hydrogens is 535 g/mol. The smallest absolute Gasteiger partial charge is 0.153 e. The van der Waals surface area contributed by atoms with Crippen molar-refractivity contribution in [1.82, 2.24) is 10.1 Å². The fraction of sp³-hybridized carbons (Fsp3) is 0.452. The van der Waals surface area contributed by atoms with Crippen molar-refractivity contribution in [1.29, 1.82) is 0 Å². The fourth-order valence-electron chi connectivity index (χ4n) is 5.30. The van der Waals surface area contributed by atoms with Crippen LogP contribution in [0.15, 0.2) is 35.1 Å². The fourth-order valence-corrected chi connectivity index (χ4v) is 5.84. The first kappa shape index (κ1) is 27.7. The molecule has 0 saturated heterocycles. The quantitative estimate of drug-likeness (QED) is 0.203. The summed E-state index contributed by atoms with van der Waals surface area (Å²) >= 11 is 13.0. The number of benzene rings is 1. The molecule has 5 rings (SSSR count). The zero-order chi connectivity index (χ0) is 27.6. The van der Waals surface area contributed by atoms with Crippen molar-refractivity contribution in [2.24, 2.45) is 5.41 Å². The molecule has 1 aromatic carbocycles. The van der Waals surface area contributed by atoms with Crippen LogP contribution >= 0.6 is 23.2 Å². The molecule has 2 heterocycles. The Kier molecular flexibility index (Phi) is 8.05. The molecule has 2 saturated carbocycles. The van der Waals surface area contributed by atoms with Gasteiger partial charge >= 0.3 is 0 Å². The van der Waals surface area contributed by atoms with Gasteiger partial charge in [0.2, 0.25) is 0 Å². The van der Waals surface area contributed by atoms with Gasteiger partial charge < -0.3 is 14.0 Å². The summed E-state index contributed by atoms with van der Waals surface area (Å²) in [5, 5.41) is 5.26. The molecule has 0 aliphatic heterocycles. The van der Waals surface area contributed by atoms with Gasteiger partial charge in [0.25, 0.3) is 0 Å². The summed E-state index contributed by atoms with van der Waals surface area (Å²) < 4.78 is 17.8. The highest BCUT2D eigenvalue weighted by Gasteiger charge is 2.41. The van der Waals surface area contributed by atoms with E-state index in [1.165, 1.54) is 0 Å². The summed E-state index contributed by atoms with van der Waals surface area (Å²) in [5.41, 5.74) is 3.13. The van der Waals surface area contributed by atoms with Gasteiger partial charge in [-0.15, -0.1) is 0 Å². The Morgan fingerprint density at radius 3 is 2.49 bits per heavy atom. The van der Waals surface area contributed by atoms with E-state index in [1.54, 1.807) is 31.6 Å². The van der Waals surface area contributed by atoms with Crippen molar-refractivity contribution in [2.45, 2.75) is 76.9 Å². The minimum atomic E-state index is -0.257. The summed E-state index contributed by atoms with van der Waals surface area (Å²) in [6.07, 6.45) is 10.6. The minimum Gasteiger partial charge on any atom is -0.496 e. The molecule has 8 heteroatoms. The maximum absolute atomic E-state index is 11.4. The van der Waals surface area contributed by atoms with Crippen molar-refractivity contribution < 1.29 is 18.8 Å². The molecule has 0 radical (unpaired) electrons. The number of halogens is 2. The number of hydrogen-bond acceptors (Lipinski definition) is 6. The Morgan fingerprint density at radius 1 is 1.15 bits per heavy atom. The van der Waals surface area contributed by atoms with Gasteiger partial charge in [-0.05, 0) is 70.1 Å². The molecule has 6 nitrogen and oxygen atoms in total. The van der Waals surface area contributed by atoms with E-state index in [0.717, 1.165) is 68.1 Å². The second-order valence-electron chi connectivity index (χ2n) is 10.8. The lowest BCUT2D eigenvalue weighted by molar-refractivity contribution is -0.0952. The number of pyridine rings is 1. The van der Waals surface area contributed by atoms with E-state index in [4.69, 9.17) is 37.2 Å². The second kappa shape index (κ2) is 11.3. The van der Waals surface area contributed by atoms with Crippen LogP contribution in [0.25, 0.3) is 11.3 Å². The number of carbonyl (C=O) groups is 1. The highest BCUT2D eigenvalue weighted by atomic mass is 35.5. The summed E-state index contributed by atoms with van der Waals surface area (Å²) in [4.78, 5) is 15.5. The molecule has 39 heavy (non-hydrogen) atoms. The normalized spacial score (nSPS) is 22.7. The molecule has 0 spiro atoms. The van der Waals surface area contributed by atoms with Crippen LogP contribution < -0.4 is 4.74 Å². The molecule has 204 valence electrons. The van der Waals surface area contributed by atoms with E-state index >= 15 is 0 Å². The molecule has 0 N–H and O–H groups in total. The monoisotopic (exact) mass is 566 g/mol. The highest BCUT2D eigenvalue weighted by Crippen LogP contribution is 2.48.